The highest BCUT2D eigenvalue weighted by Crippen LogP contribution is 2.22. The lowest BCUT2D eigenvalue weighted by molar-refractivity contribution is 0.102. The van der Waals surface area contributed by atoms with Crippen LogP contribution in [0.3, 0.4) is 0 Å². The van der Waals surface area contributed by atoms with Gasteiger partial charge in [-0.2, -0.15) is 0 Å². The number of benzene rings is 2. The van der Waals surface area contributed by atoms with Crippen molar-refractivity contribution in [2.45, 2.75) is 0 Å². The molecule has 3 rings (SSSR count). The molecule has 2 N–H and O–H groups in total. The molecule has 8 heteroatoms. The molecule has 0 bridgehead atoms. The molecule has 0 atom stereocenters. The standard InChI is InChI=1S/C18H14ClFN4O2/c1-26-13-4-2-3-11(9-13)22-18(25)16-7-8-17(24-23-16)21-12-5-6-15(20)14(19)10-12/h2-10H,1H3,(H,21,24)(H,22,25). The summed E-state index contributed by atoms with van der Waals surface area (Å²) in [4.78, 5) is 12.2. The minimum atomic E-state index is -0.507. The van der Waals surface area contributed by atoms with Crippen molar-refractivity contribution in [3.8, 4) is 5.75 Å². The maximum absolute atomic E-state index is 13.2. The molecule has 0 aliphatic rings. The van der Waals surface area contributed by atoms with Crippen LogP contribution in [0.15, 0.2) is 54.6 Å². The second-order valence-electron chi connectivity index (χ2n) is 5.24. The number of halogens is 2. The van der Waals surface area contributed by atoms with Crippen molar-refractivity contribution in [2.24, 2.45) is 0 Å². The largest absolute Gasteiger partial charge is 0.497 e. The topological polar surface area (TPSA) is 76.1 Å². The molecule has 26 heavy (non-hydrogen) atoms. The molecule has 0 fully saturated rings. The minimum Gasteiger partial charge on any atom is -0.497 e. The van der Waals surface area contributed by atoms with Gasteiger partial charge in [0.25, 0.3) is 5.91 Å². The van der Waals surface area contributed by atoms with Crippen molar-refractivity contribution in [3.05, 3.63) is 71.1 Å². The molecule has 0 spiro atoms. The molecule has 0 radical (unpaired) electrons. The number of ether oxygens (including phenoxy) is 1. The molecule has 3 aromatic rings. The predicted octanol–water partition coefficient (Wildman–Crippen LogP) is 4.27. The molecule has 1 amide bonds. The maximum Gasteiger partial charge on any atom is 0.276 e. The number of rotatable bonds is 5. The third-order valence-corrected chi connectivity index (χ3v) is 3.71. The van der Waals surface area contributed by atoms with Gasteiger partial charge in [-0.05, 0) is 42.5 Å². The molecule has 2 aromatic carbocycles. The van der Waals surface area contributed by atoms with Crippen LogP contribution in [0.2, 0.25) is 5.02 Å². The molecular formula is C18H14ClFN4O2. The van der Waals surface area contributed by atoms with Crippen LogP contribution in [-0.4, -0.2) is 23.2 Å². The summed E-state index contributed by atoms with van der Waals surface area (Å²) in [5.41, 5.74) is 1.29. The fraction of sp³-hybridized carbons (Fsp3) is 0.0556. The van der Waals surface area contributed by atoms with Crippen molar-refractivity contribution in [1.82, 2.24) is 10.2 Å². The minimum absolute atomic E-state index is 0.00255. The number of carbonyl (C=O) groups excluding carboxylic acids is 1. The van der Waals surface area contributed by atoms with Gasteiger partial charge in [0.1, 0.15) is 11.6 Å². The van der Waals surface area contributed by atoms with E-state index in [4.69, 9.17) is 16.3 Å². The van der Waals surface area contributed by atoms with Crippen LogP contribution < -0.4 is 15.4 Å². The zero-order valence-corrected chi connectivity index (χ0v) is 14.4. The van der Waals surface area contributed by atoms with Crippen molar-refractivity contribution < 1.29 is 13.9 Å². The fourth-order valence-electron chi connectivity index (χ4n) is 2.14. The normalized spacial score (nSPS) is 10.3. The summed E-state index contributed by atoms with van der Waals surface area (Å²) in [6.07, 6.45) is 0. The molecule has 0 saturated carbocycles. The zero-order chi connectivity index (χ0) is 18.5. The Balaban J connectivity index is 1.68. The highest BCUT2D eigenvalue weighted by atomic mass is 35.5. The third kappa shape index (κ3) is 4.25. The van der Waals surface area contributed by atoms with Gasteiger partial charge in [-0.25, -0.2) is 4.39 Å². The Labute approximate surface area is 154 Å². The lowest BCUT2D eigenvalue weighted by Crippen LogP contribution is -2.14. The Morgan fingerprint density at radius 3 is 2.62 bits per heavy atom. The van der Waals surface area contributed by atoms with Crippen LogP contribution in [0.5, 0.6) is 5.75 Å². The van der Waals surface area contributed by atoms with Crippen molar-refractivity contribution in [2.75, 3.05) is 17.7 Å². The Kier molecular flexibility index (Phi) is 5.28. The lowest BCUT2D eigenvalue weighted by atomic mass is 10.2. The summed E-state index contributed by atoms with van der Waals surface area (Å²) in [6.45, 7) is 0. The van der Waals surface area contributed by atoms with E-state index in [1.165, 1.54) is 24.3 Å². The first-order valence-corrected chi connectivity index (χ1v) is 7.94. The first-order valence-electron chi connectivity index (χ1n) is 7.56. The van der Waals surface area contributed by atoms with Gasteiger partial charge < -0.3 is 15.4 Å². The van der Waals surface area contributed by atoms with Gasteiger partial charge in [-0.15, -0.1) is 10.2 Å². The SMILES string of the molecule is COc1cccc(NC(=O)c2ccc(Nc3ccc(F)c(Cl)c3)nn2)c1. The van der Waals surface area contributed by atoms with Crippen LogP contribution >= 0.6 is 11.6 Å². The van der Waals surface area contributed by atoms with E-state index in [0.717, 1.165) is 0 Å². The number of amides is 1. The van der Waals surface area contributed by atoms with Gasteiger partial charge in [0.15, 0.2) is 11.5 Å². The number of hydrogen-bond acceptors (Lipinski definition) is 5. The van der Waals surface area contributed by atoms with E-state index >= 15 is 0 Å². The van der Waals surface area contributed by atoms with Crippen molar-refractivity contribution in [3.63, 3.8) is 0 Å². The first kappa shape index (κ1) is 17.6. The van der Waals surface area contributed by atoms with Gasteiger partial charge in [-0.1, -0.05) is 17.7 Å². The van der Waals surface area contributed by atoms with Crippen LogP contribution in [0, 0.1) is 5.82 Å². The number of nitrogens with zero attached hydrogens (tertiary/aromatic N) is 2. The number of nitrogens with one attached hydrogen (secondary N) is 2. The van der Waals surface area contributed by atoms with E-state index in [9.17, 15) is 9.18 Å². The van der Waals surface area contributed by atoms with E-state index in [0.29, 0.717) is 22.9 Å². The molecular weight excluding hydrogens is 359 g/mol. The number of anilines is 3. The number of carbonyl (C=O) groups is 1. The molecule has 0 aliphatic carbocycles. The van der Waals surface area contributed by atoms with Gasteiger partial charge in [0.2, 0.25) is 0 Å². The zero-order valence-electron chi connectivity index (χ0n) is 13.7. The van der Waals surface area contributed by atoms with Crippen LogP contribution in [0.25, 0.3) is 0 Å². The van der Waals surface area contributed by atoms with E-state index in [1.807, 2.05) is 0 Å². The first-order chi connectivity index (χ1) is 12.5. The average Bonchev–Trinajstić information content (AvgIpc) is 2.65. The predicted molar refractivity (Wildman–Crippen MR) is 97.7 cm³/mol. The van der Waals surface area contributed by atoms with Gasteiger partial charge >= 0.3 is 0 Å². The summed E-state index contributed by atoms with van der Waals surface area (Å²) in [7, 11) is 1.55. The Morgan fingerprint density at radius 2 is 1.92 bits per heavy atom. The summed E-state index contributed by atoms with van der Waals surface area (Å²) in [5.74, 6) is 0.118. The monoisotopic (exact) mass is 372 g/mol. The summed E-state index contributed by atoms with van der Waals surface area (Å²) < 4.78 is 18.3. The van der Waals surface area contributed by atoms with E-state index < -0.39 is 11.7 Å². The lowest BCUT2D eigenvalue weighted by Gasteiger charge is -2.08. The average molecular weight is 373 g/mol. The number of hydrogen-bond donors (Lipinski definition) is 2. The van der Waals surface area contributed by atoms with Crippen molar-refractivity contribution in [1.29, 1.82) is 0 Å². The summed E-state index contributed by atoms with van der Waals surface area (Å²) >= 11 is 5.73. The molecule has 1 heterocycles. The van der Waals surface area contributed by atoms with Crippen LogP contribution in [0.1, 0.15) is 10.5 Å². The van der Waals surface area contributed by atoms with E-state index in [2.05, 4.69) is 20.8 Å². The number of aromatic nitrogens is 2. The van der Waals surface area contributed by atoms with Gasteiger partial charge in [0.05, 0.1) is 12.1 Å². The highest BCUT2D eigenvalue weighted by Gasteiger charge is 2.10. The Morgan fingerprint density at radius 1 is 1.08 bits per heavy atom. The van der Waals surface area contributed by atoms with E-state index in [-0.39, 0.29) is 10.7 Å². The molecule has 6 nitrogen and oxygen atoms in total. The molecule has 1 aromatic heterocycles. The third-order valence-electron chi connectivity index (χ3n) is 3.42. The molecule has 0 saturated heterocycles. The Bertz CT molecular complexity index is 935. The molecule has 132 valence electrons. The van der Waals surface area contributed by atoms with Crippen molar-refractivity contribution >= 4 is 34.7 Å². The quantitative estimate of drug-likeness (QED) is 0.699. The van der Waals surface area contributed by atoms with Crippen LogP contribution in [-0.2, 0) is 0 Å². The van der Waals surface area contributed by atoms with Gasteiger partial charge in [-0.3, -0.25) is 4.79 Å². The molecule has 0 unspecified atom stereocenters. The Hall–Kier alpha value is -3.19. The second kappa shape index (κ2) is 7.79. The fourth-order valence-corrected chi connectivity index (χ4v) is 2.32. The highest BCUT2D eigenvalue weighted by molar-refractivity contribution is 6.31. The smallest absolute Gasteiger partial charge is 0.276 e. The van der Waals surface area contributed by atoms with E-state index in [1.54, 1.807) is 37.4 Å². The summed E-state index contributed by atoms with van der Waals surface area (Å²) in [5, 5.41) is 13.5. The maximum atomic E-state index is 13.2. The second-order valence-corrected chi connectivity index (χ2v) is 5.65. The number of methoxy groups -OCH3 is 1. The van der Waals surface area contributed by atoms with Crippen LogP contribution in [0.4, 0.5) is 21.6 Å². The summed E-state index contributed by atoms with van der Waals surface area (Å²) in [6, 6.07) is 14.3. The molecule has 0 aliphatic heterocycles. The van der Waals surface area contributed by atoms with Gasteiger partial charge in [0, 0.05) is 17.4 Å².